The fraction of sp³-hybridized carbons (Fsp3) is 0.778. The van der Waals surface area contributed by atoms with Crippen molar-refractivity contribution in [1.82, 2.24) is 19.5 Å². The van der Waals surface area contributed by atoms with Crippen LogP contribution >= 0.6 is 0 Å². The maximum Gasteiger partial charge on any atom is 0.349 e. The van der Waals surface area contributed by atoms with Crippen LogP contribution in [0.25, 0.3) is 11.2 Å². The van der Waals surface area contributed by atoms with Crippen molar-refractivity contribution in [3.8, 4) is 6.07 Å². The van der Waals surface area contributed by atoms with E-state index in [1.807, 2.05) is 19.0 Å². The predicted octanol–water partition coefficient (Wildman–Crippen LogP) is 5.51. The third-order valence-electron chi connectivity index (χ3n) is 8.49. The minimum atomic E-state index is -2.82. The molecule has 4 heterocycles. The molecule has 0 radical (unpaired) electrons. The number of anilines is 1. The van der Waals surface area contributed by atoms with Gasteiger partial charge in [0.2, 0.25) is 5.82 Å². The van der Waals surface area contributed by atoms with Crippen molar-refractivity contribution < 1.29 is 18.0 Å². The molecule has 39 heavy (non-hydrogen) atoms. The minimum absolute atomic E-state index is 0.0430. The Balaban J connectivity index is 1.90. The van der Waals surface area contributed by atoms with Crippen molar-refractivity contribution >= 4 is 33.9 Å². The highest BCUT2D eigenvalue weighted by molar-refractivity contribution is 6.74. The number of nitriles is 1. The first-order valence-corrected chi connectivity index (χ1v) is 18.4. The molecule has 2 aliphatic rings. The lowest BCUT2D eigenvalue weighted by molar-refractivity contribution is -0.0796. The smallest absolute Gasteiger partial charge is 0.349 e. The van der Waals surface area contributed by atoms with Crippen LogP contribution in [0.4, 0.5) is 5.82 Å². The van der Waals surface area contributed by atoms with Gasteiger partial charge in [0.15, 0.2) is 31.5 Å². The second kappa shape index (κ2) is 9.60. The number of imidazole rings is 1. The molecule has 0 N–H and O–H groups in total. The molecular formula is C27H46N6O4Si2. The Bertz CT molecular complexity index is 1250. The number of fused-ring (bicyclic) bond motifs is 2. The zero-order chi connectivity index (χ0) is 29.3. The first-order chi connectivity index (χ1) is 17.8. The highest BCUT2D eigenvalue weighted by Gasteiger charge is 2.66. The van der Waals surface area contributed by atoms with Crippen LogP contribution in [0.3, 0.4) is 0 Å². The van der Waals surface area contributed by atoms with Crippen LogP contribution in [-0.2, 0) is 18.0 Å². The highest BCUT2D eigenvalue weighted by atomic mass is 28.4. The number of hydrogen-bond donors (Lipinski definition) is 0. The molecule has 4 rings (SSSR count). The molecule has 1 unspecified atom stereocenters. The SMILES string of the molecule is CN(C)c1ncnc2c1nc(C#N)n2C1O[C@@H]2CO[Si](C(C)(C)C)(C(C)(C)C)O[C@H]2[C@H]1O[Si](C)(C)C(C)(C)C. The Morgan fingerprint density at radius 1 is 1.08 bits per heavy atom. The van der Waals surface area contributed by atoms with E-state index in [9.17, 15) is 5.26 Å². The van der Waals surface area contributed by atoms with Crippen molar-refractivity contribution in [3.63, 3.8) is 0 Å². The third kappa shape index (κ3) is 4.85. The van der Waals surface area contributed by atoms with Crippen molar-refractivity contribution in [3.05, 3.63) is 12.2 Å². The van der Waals surface area contributed by atoms with Gasteiger partial charge in [-0.2, -0.15) is 5.26 Å². The molecule has 4 atom stereocenters. The Labute approximate surface area is 235 Å². The molecule has 12 heteroatoms. The molecule has 0 aromatic carbocycles. The molecule has 2 aliphatic heterocycles. The van der Waals surface area contributed by atoms with Crippen molar-refractivity contribution in [1.29, 1.82) is 5.26 Å². The summed E-state index contributed by atoms with van der Waals surface area (Å²) >= 11 is 0. The summed E-state index contributed by atoms with van der Waals surface area (Å²) in [5.74, 6) is 0.844. The van der Waals surface area contributed by atoms with Crippen LogP contribution in [-0.4, -0.2) is 75.4 Å². The Morgan fingerprint density at radius 3 is 2.21 bits per heavy atom. The monoisotopic (exact) mass is 574 g/mol. The van der Waals surface area contributed by atoms with E-state index in [0.29, 0.717) is 23.6 Å². The Kier molecular flexibility index (Phi) is 7.40. The second-order valence-electron chi connectivity index (χ2n) is 14.6. The fourth-order valence-electron chi connectivity index (χ4n) is 5.72. The van der Waals surface area contributed by atoms with E-state index < -0.39 is 29.2 Å². The van der Waals surface area contributed by atoms with Gasteiger partial charge in [0, 0.05) is 24.2 Å². The maximum absolute atomic E-state index is 10.2. The van der Waals surface area contributed by atoms with Gasteiger partial charge in [-0.3, -0.25) is 4.57 Å². The zero-order valence-electron chi connectivity index (χ0n) is 25.9. The first-order valence-electron chi connectivity index (χ1n) is 13.7. The fourth-order valence-corrected chi connectivity index (χ4v) is 12.0. The van der Waals surface area contributed by atoms with Crippen LogP contribution in [0.15, 0.2) is 6.33 Å². The Morgan fingerprint density at radius 2 is 1.69 bits per heavy atom. The summed E-state index contributed by atoms with van der Waals surface area (Å²) in [6.07, 6.45) is -0.346. The molecule has 0 spiro atoms. The molecule has 2 aromatic rings. The molecule has 0 amide bonds. The quantitative estimate of drug-likeness (QED) is 0.437. The van der Waals surface area contributed by atoms with E-state index in [1.165, 1.54) is 6.33 Å². The molecule has 0 aliphatic carbocycles. The molecule has 10 nitrogen and oxygen atoms in total. The largest absolute Gasteiger partial charge is 0.407 e. The highest BCUT2D eigenvalue weighted by Crippen LogP contribution is 2.56. The average Bonchev–Trinajstić information content (AvgIpc) is 3.33. The number of aromatic nitrogens is 4. The van der Waals surface area contributed by atoms with Crippen LogP contribution in [0.1, 0.15) is 74.4 Å². The molecule has 0 saturated carbocycles. The lowest BCUT2D eigenvalue weighted by Crippen LogP contribution is -2.66. The van der Waals surface area contributed by atoms with Gasteiger partial charge in [-0.15, -0.1) is 0 Å². The van der Waals surface area contributed by atoms with E-state index in [2.05, 4.69) is 96.4 Å². The van der Waals surface area contributed by atoms with Crippen molar-refractivity contribution in [2.45, 2.75) is 115 Å². The topological polar surface area (TPSA) is 108 Å². The molecule has 2 saturated heterocycles. The predicted molar refractivity (Wildman–Crippen MR) is 156 cm³/mol. The average molecular weight is 575 g/mol. The van der Waals surface area contributed by atoms with Gasteiger partial charge in [0.25, 0.3) is 0 Å². The summed E-state index contributed by atoms with van der Waals surface area (Å²) in [6, 6.07) is 2.27. The zero-order valence-corrected chi connectivity index (χ0v) is 27.9. The Hall–Kier alpha value is -1.89. The summed E-state index contributed by atoms with van der Waals surface area (Å²) in [5, 5.41) is 9.75. The van der Waals surface area contributed by atoms with Gasteiger partial charge >= 0.3 is 8.56 Å². The summed E-state index contributed by atoms with van der Waals surface area (Å²) in [7, 11) is -1.33. The summed E-state index contributed by atoms with van der Waals surface area (Å²) < 4.78 is 29.6. The van der Waals surface area contributed by atoms with Crippen LogP contribution in [0.2, 0.25) is 28.2 Å². The van der Waals surface area contributed by atoms with Crippen molar-refractivity contribution in [2.75, 3.05) is 25.6 Å². The standard InChI is InChI=1S/C27H46N6O4Si2/c1-25(2,3)38(12,13)36-21-20-17(15-34-39(37-20,26(4,5)6)27(7,8)9)35-24(21)33-18(14-28)31-19-22(32(10)11)29-16-30-23(19)33/h16-17,20-21,24H,15H2,1-13H3/t17-,20-,21-,24?/m1/s1. The minimum Gasteiger partial charge on any atom is -0.407 e. The lowest BCUT2D eigenvalue weighted by atomic mass is 10.1. The summed E-state index contributed by atoms with van der Waals surface area (Å²) in [4.78, 5) is 15.5. The van der Waals surface area contributed by atoms with E-state index in [0.717, 1.165) is 0 Å². The second-order valence-corrected chi connectivity index (χ2v) is 24.1. The van der Waals surface area contributed by atoms with E-state index in [4.69, 9.17) is 18.0 Å². The van der Waals surface area contributed by atoms with Crippen LogP contribution in [0, 0.1) is 11.3 Å². The third-order valence-corrected chi connectivity index (χ3v) is 18.1. The maximum atomic E-state index is 10.2. The van der Waals surface area contributed by atoms with Crippen molar-refractivity contribution in [2.24, 2.45) is 0 Å². The van der Waals surface area contributed by atoms with Gasteiger partial charge in [-0.05, 0) is 18.1 Å². The number of hydrogen-bond acceptors (Lipinski definition) is 9. The molecule has 2 aromatic heterocycles. The molecule has 216 valence electrons. The van der Waals surface area contributed by atoms with Gasteiger partial charge in [0.05, 0.1) is 6.61 Å². The molecule has 0 bridgehead atoms. The number of rotatable bonds is 4. The van der Waals surface area contributed by atoms with Gasteiger partial charge < -0.3 is 22.9 Å². The van der Waals surface area contributed by atoms with Gasteiger partial charge in [0.1, 0.15) is 30.7 Å². The van der Waals surface area contributed by atoms with E-state index in [1.54, 1.807) is 4.57 Å². The normalized spacial score (nSPS) is 25.9. The first kappa shape index (κ1) is 30.1. The van der Waals surface area contributed by atoms with Crippen LogP contribution < -0.4 is 4.90 Å². The number of nitrogens with zero attached hydrogens (tertiary/aromatic N) is 6. The van der Waals surface area contributed by atoms with E-state index in [-0.39, 0.29) is 33.1 Å². The van der Waals surface area contributed by atoms with Gasteiger partial charge in [-0.1, -0.05) is 62.3 Å². The van der Waals surface area contributed by atoms with Gasteiger partial charge in [-0.25, -0.2) is 15.0 Å². The molecule has 2 fully saturated rings. The number of ether oxygens (including phenoxy) is 1. The summed E-state index contributed by atoms with van der Waals surface area (Å²) in [6.45, 7) is 24.8. The van der Waals surface area contributed by atoms with Crippen LogP contribution in [0.5, 0.6) is 0 Å². The van der Waals surface area contributed by atoms with E-state index >= 15 is 0 Å². The summed E-state index contributed by atoms with van der Waals surface area (Å²) in [5.41, 5.74) is 1.09. The molecular weight excluding hydrogens is 529 g/mol. The lowest BCUT2D eigenvalue weighted by Gasteiger charge is -2.54.